The van der Waals surface area contributed by atoms with Crippen molar-refractivity contribution < 1.29 is 4.74 Å². The molecule has 0 aromatic carbocycles. The van der Waals surface area contributed by atoms with Gasteiger partial charge in [0, 0.05) is 12.8 Å². The van der Waals surface area contributed by atoms with Crippen LogP contribution in [0.5, 0.6) is 0 Å². The van der Waals surface area contributed by atoms with Gasteiger partial charge in [0.1, 0.15) is 0 Å². The minimum atomic E-state index is 0.877. The maximum atomic E-state index is 5.45. The smallest absolute Gasteiger partial charge is 0.0990 e. The molecule has 0 amide bonds. The van der Waals surface area contributed by atoms with Crippen molar-refractivity contribution in [3.05, 3.63) is 23.0 Å². The lowest BCUT2D eigenvalue weighted by atomic mass is 10.1. The summed E-state index contributed by atoms with van der Waals surface area (Å²) in [5.41, 5.74) is 2.75. The predicted molar refractivity (Wildman–Crippen MR) is 47.3 cm³/mol. The summed E-state index contributed by atoms with van der Waals surface area (Å²) < 4.78 is 5.45. The Balaban J connectivity index is 2.75. The Labute approximate surface area is 68.8 Å². The molecule has 0 fully saturated rings. The number of hydrogen-bond acceptors (Lipinski definition) is 1. The molecule has 0 aromatic heterocycles. The van der Waals surface area contributed by atoms with Gasteiger partial charge in [-0.15, -0.1) is 0 Å². The summed E-state index contributed by atoms with van der Waals surface area (Å²) >= 11 is 0. The quantitative estimate of drug-likeness (QED) is 0.591. The predicted octanol–water partition coefficient (Wildman–Crippen LogP) is 3.04. The van der Waals surface area contributed by atoms with E-state index in [0.717, 1.165) is 19.4 Å². The van der Waals surface area contributed by atoms with Gasteiger partial charge in [-0.3, -0.25) is 0 Å². The molecule has 1 heterocycles. The molecule has 1 aliphatic heterocycles. The molecule has 1 aliphatic rings. The standard InChI is InChI=1S/C10H16O/c1-4-10-9(5-6-11-10)7-8(2)3/h7H,4-6H2,1-3H3. The average Bonchev–Trinajstić information content (AvgIpc) is 2.34. The second-order valence-electron chi connectivity index (χ2n) is 3.12. The molecule has 0 unspecified atom stereocenters. The third-order valence-electron chi connectivity index (χ3n) is 1.79. The van der Waals surface area contributed by atoms with Crippen LogP contribution in [-0.4, -0.2) is 6.61 Å². The highest BCUT2D eigenvalue weighted by Gasteiger charge is 2.11. The molecule has 0 bridgehead atoms. The van der Waals surface area contributed by atoms with E-state index in [2.05, 4.69) is 26.8 Å². The van der Waals surface area contributed by atoms with Crippen LogP contribution in [0, 0.1) is 0 Å². The zero-order chi connectivity index (χ0) is 8.27. The van der Waals surface area contributed by atoms with Crippen LogP contribution in [0.15, 0.2) is 23.0 Å². The fourth-order valence-electron chi connectivity index (χ4n) is 1.35. The Morgan fingerprint density at radius 2 is 2.27 bits per heavy atom. The zero-order valence-electron chi connectivity index (χ0n) is 7.61. The molecule has 62 valence electrons. The second-order valence-corrected chi connectivity index (χ2v) is 3.12. The van der Waals surface area contributed by atoms with Gasteiger partial charge in [-0.1, -0.05) is 18.6 Å². The summed E-state index contributed by atoms with van der Waals surface area (Å²) in [6, 6.07) is 0. The number of hydrogen-bond donors (Lipinski definition) is 0. The van der Waals surface area contributed by atoms with Gasteiger partial charge >= 0.3 is 0 Å². The number of ether oxygens (including phenoxy) is 1. The molecule has 0 aliphatic carbocycles. The van der Waals surface area contributed by atoms with Gasteiger partial charge in [0.25, 0.3) is 0 Å². The van der Waals surface area contributed by atoms with Gasteiger partial charge in [0.15, 0.2) is 0 Å². The highest BCUT2D eigenvalue weighted by atomic mass is 16.5. The molecule has 0 aromatic rings. The normalized spacial score (nSPS) is 16.6. The van der Waals surface area contributed by atoms with E-state index in [-0.39, 0.29) is 0 Å². The SMILES string of the molecule is CCC1=C(C=C(C)C)CCO1. The molecule has 11 heavy (non-hydrogen) atoms. The van der Waals surface area contributed by atoms with Crippen LogP contribution in [0.2, 0.25) is 0 Å². The maximum Gasteiger partial charge on any atom is 0.0990 e. The summed E-state index contributed by atoms with van der Waals surface area (Å²) in [6.07, 6.45) is 4.35. The molecule has 1 rings (SSSR count). The first-order chi connectivity index (χ1) is 5.24. The Hall–Kier alpha value is -0.720. The highest BCUT2D eigenvalue weighted by molar-refractivity contribution is 5.27. The van der Waals surface area contributed by atoms with Crippen molar-refractivity contribution >= 4 is 0 Å². The van der Waals surface area contributed by atoms with Crippen LogP contribution in [0.3, 0.4) is 0 Å². The Morgan fingerprint density at radius 3 is 2.82 bits per heavy atom. The fourth-order valence-corrected chi connectivity index (χ4v) is 1.35. The third kappa shape index (κ3) is 2.11. The lowest BCUT2D eigenvalue weighted by molar-refractivity contribution is 0.237. The molecule has 0 N–H and O–H groups in total. The van der Waals surface area contributed by atoms with Gasteiger partial charge in [-0.2, -0.15) is 0 Å². The van der Waals surface area contributed by atoms with Crippen LogP contribution in [0.25, 0.3) is 0 Å². The van der Waals surface area contributed by atoms with Crippen molar-refractivity contribution in [2.75, 3.05) is 6.61 Å². The van der Waals surface area contributed by atoms with E-state index in [0.29, 0.717) is 0 Å². The maximum absolute atomic E-state index is 5.45. The molecule has 1 heteroatoms. The summed E-state index contributed by atoms with van der Waals surface area (Å²) in [5, 5.41) is 0. The van der Waals surface area contributed by atoms with E-state index < -0.39 is 0 Å². The number of allylic oxidation sites excluding steroid dienone is 3. The van der Waals surface area contributed by atoms with E-state index in [1.54, 1.807) is 0 Å². The molecule has 0 spiro atoms. The van der Waals surface area contributed by atoms with Gasteiger partial charge in [-0.25, -0.2) is 0 Å². The second kappa shape index (κ2) is 3.61. The van der Waals surface area contributed by atoms with Crippen LogP contribution < -0.4 is 0 Å². The topological polar surface area (TPSA) is 9.23 Å². The molecule has 0 radical (unpaired) electrons. The minimum absolute atomic E-state index is 0.877. The van der Waals surface area contributed by atoms with Crippen LogP contribution in [0.4, 0.5) is 0 Å². The zero-order valence-corrected chi connectivity index (χ0v) is 7.61. The first-order valence-corrected chi connectivity index (χ1v) is 4.23. The van der Waals surface area contributed by atoms with Gasteiger partial charge in [0.05, 0.1) is 12.4 Å². The Kier molecular flexibility index (Phi) is 2.75. The van der Waals surface area contributed by atoms with Gasteiger partial charge < -0.3 is 4.74 Å². The van der Waals surface area contributed by atoms with E-state index in [4.69, 9.17) is 4.74 Å². The summed E-state index contributed by atoms with van der Waals surface area (Å²) in [6.45, 7) is 7.26. The van der Waals surface area contributed by atoms with Crippen molar-refractivity contribution in [3.63, 3.8) is 0 Å². The van der Waals surface area contributed by atoms with Crippen molar-refractivity contribution in [2.24, 2.45) is 0 Å². The van der Waals surface area contributed by atoms with Crippen molar-refractivity contribution in [1.82, 2.24) is 0 Å². The lowest BCUT2D eigenvalue weighted by Crippen LogP contribution is -1.81. The molecule has 0 atom stereocenters. The average molecular weight is 152 g/mol. The summed E-state index contributed by atoms with van der Waals surface area (Å²) in [5.74, 6) is 1.19. The highest BCUT2D eigenvalue weighted by Crippen LogP contribution is 2.23. The lowest BCUT2D eigenvalue weighted by Gasteiger charge is -1.99. The Morgan fingerprint density at radius 1 is 1.55 bits per heavy atom. The molecular weight excluding hydrogens is 136 g/mol. The van der Waals surface area contributed by atoms with Crippen molar-refractivity contribution in [1.29, 1.82) is 0 Å². The molecular formula is C10H16O. The van der Waals surface area contributed by atoms with Crippen molar-refractivity contribution in [2.45, 2.75) is 33.6 Å². The van der Waals surface area contributed by atoms with Crippen LogP contribution >= 0.6 is 0 Å². The van der Waals surface area contributed by atoms with Crippen LogP contribution in [0.1, 0.15) is 33.6 Å². The fraction of sp³-hybridized carbons (Fsp3) is 0.600. The summed E-state index contributed by atoms with van der Waals surface area (Å²) in [4.78, 5) is 0. The number of rotatable bonds is 2. The summed E-state index contributed by atoms with van der Waals surface area (Å²) in [7, 11) is 0. The van der Waals surface area contributed by atoms with E-state index in [9.17, 15) is 0 Å². The van der Waals surface area contributed by atoms with E-state index in [1.165, 1.54) is 16.9 Å². The van der Waals surface area contributed by atoms with Crippen LogP contribution in [-0.2, 0) is 4.74 Å². The first kappa shape index (κ1) is 8.38. The molecule has 0 saturated carbocycles. The Bertz CT molecular complexity index is 195. The van der Waals surface area contributed by atoms with Gasteiger partial charge in [0.2, 0.25) is 0 Å². The van der Waals surface area contributed by atoms with Crippen molar-refractivity contribution in [3.8, 4) is 0 Å². The minimum Gasteiger partial charge on any atom is -0.497 e. The first-order valence-electron chi connectivity index (χ1n) is 4.23. The largest absolute Gasteiger partial charge is 0.497 e. The van der Waals surface area contributed by atoms with E-state index >= 15 is 0 Å². The van der Waals surface area contributed by atoms with E-state index in [1.807, 2.05) is 0 Å². The van der Waals surface area contributed by atoms with Gasteiger partial charge in [-0.05, 0) is 19.4 Å². The molecule has 1 nitrogen and oxygen atoms in total. The molecule has 0 saturated heterocycles. The monoisotopic (exact) mass is 152 g/mol. The third-order valence-corrected chi connectivity index (χ3v) is 1.79.